The minimum atomic E-state index is -0.402. The minimum absolute atomic E-state index is 0.0805. The maximum absolute atomic E-state index is 10.6. The predicted molar refractivity (Wildman–Crippen MR) is 62.4 cm³/mol. The first-order valence-electron chi connectivity index (χ1n) is 4.71. The highest BCUT2D eigenvalue weighted by Gasteiger charge is 2.14. The van der Waals surface area contributed by atoms with Crippen LogP contribution in [0, 0.1) is 10.1 Å². The number of imidazole rings is 1. The van der Waals surface area contributed by atoms with Gasteiger partial charge in [-0.1, -0.05) is 17.8 Å². The van der Waals surface area contributed by atoms with Crippen LogP contribution in [0.25, 0.3) is 17.2 Å². The zero-order valence-electron chi connectivity index (χ0n) is 8.16. The smallest absolute Gasteiger partial charge is 0.271 e. The van der Waals surface area contributed by atoms with Crippen LogP contribution in [0.5, 0.6) is 0 Å². The summed E-state index contributed by atoms with van der Waals surface area (Å²) in [5, 5.41) is 11.5. The lowest BCUT2D eigenvalue weighted by molar-refractivity contribution is -0.384. The lowest BCUT2D eigenvalue weighted by Gasteiger charge is -2.05. The number of nitrogens with zero attached hydrogens (tertiary/aromatic N) is 3. The summed E-state index contributed by atoms with van der Waals surface area (Å²) in [5.74, 6) is 0.894. The summed E-state index contributed by atoms with van der Waals surface area (Å²) in [6, 6.07) is 4.75. The van der Waals surface area contributed by atoms with Crippen LogP contribution in [0.3, 0.4) is 0 Å². The molecule has 0 amide bonds. The molecule has 0 unspecified atom stereocenters. The van der Waals surface area contributed by atoms with Gasteiger partial charge in [0.2, 0.25) is 0 Å². The fourth-order valence-electron chi connectivity index (χ4n) is 1.70. The highest BCUT2D eigenvalue weighted by Crippen LogP contribution is 2.29. The average Bonchev–Trinajstić information content (AvgIpc) is 2.66. The molecule has 0 spiro atoms. The van der Waals surface area contributed by atoms with Crippen molar-refractivity contribution in [2.45, 2.75) is 5.16 Å². The van der Waals surface area contributed by atoms with E-state index in [4.69, 9.17) is 0 Å². The maximum atomic E-state index is 10.6. The third-order valence-corrected chi connectivity index (χ3v) is 3.32. The Morgan fingerprint density at radius 2 is 2.38 bits per heavy atom. The molecule has 2 aromatic rings. The van der Waals surface area contributed by atoms with Crippen LogP contribution >= 0.6 is 11.8 Å². The molecule has 0 atom stereocenters. The van der Waals surface area contributed by atoms with Gasteiger partial charge in [0.05, 0.1) is 16.0 Å². The van der Waals surface area contributed by atoms with Gasteiger partial charge < -0.3 is 0 Å². The van der Waals surface area contributed by atoms with Crippen molar-refractivity contribution < 1.29 is 4.92 Å². The van der Waals surface area contributed by atoms with Crippen molar-refractivity contribution in [3.05, 3.63) is 34.4 Å². The molecule has 1 aliphatic rings. The number of hydrogen-bond donors (Lipinski definition) is 0. The number of rotatable bonds is 1. The first-order valence-corrected chi connectivity index (χ1v) is 5.70. The molecule has 1 aliphatic heterocycles. The summed E-state index contributed by atoms with van der Waals surface area (Å²) in [6.07, 6.45) is 3.99. The van der Waals surface area contributed by atoms with E-state index in [0.717, 1.165) is 16.4 Å². The first kappa shape index (κ1) is 9.41. The van der Waals surface area contributed by atoms with Gasteiger partial charge in [0.1, 0.15) is 0 Å². The molecule has 16 heavy (non-hydrogen) atoms. The molecular weight excluding hydrogens is 226 g/mol. The number of thioether (sulfide) groups is 1. The largest absolute Gasteiger partial charge is 0.294 e. The van der Waals surface area contributed by atoms with Crippen LogP contribution in [0.4, 0.5) is 5.69 Å². The van der Waals surface area contributed by atoms with Gasteiger partial charge in [0, 0.05) is 24.1 Å². The van der Waals surface area contributed by atoms with Crippen LogP contribution in [-0.4, -0.2) is 20.2 Å². The third-order valence-electron chi connectivity index (χ3n) is 2.41. The van der Waals surface area contributed by atoms with Crippen molar-refractivity contribution in [3.63, 3.8) is 0 Å². The first-order chi connectivity index (χ1) is 7.75. The number of aromatic nitrogens is 2. The van der Waals surface area contributed by atoms with Crippen LogP contribution in [0.1, 0.15) is 0 Å². The SMILES string of the molecule is O=[N+]([O-])c1ccc2c(c1)nc1n2C=CCS1. The number of fused-ring (bicyclic) bond motifs is 3. The number of nitro groups is 1. The monoisotopic (exact) mass is 233 g/mol. The van der Waals surface area contributed by atoms with E-state index < -0.39 is 4.92 Å². The molecule has 5 nitrogen and oxygen atoms in total. The molecule has 0 radical (unpaired) electrons. The topological polar surface area (TPSA) is 61.0 Å². The van der Waals surface area contributed by atoms with Crippen molar-refractivity contribution in [2.75, 3.05) is 5.75 Å². The third kappa shape index (κ3) is 1.30. The van der Waals surface area contributed by atoms with E-state index >= 15 is 0 Å². The number of hydrogen-bond acceptors (Lipinski definition) is 4. The fourth-order valence-corrected chi connectivity index (χ4v) is 2.49. The Morgan fingerprint density at radius 1 is 1.50 bits per heavy atom. The van der Waals surface area contributed by atoms with Gasteiger partial charge in [-0.2, -0.15) is 0 Å². The second kappa shape index (κ2) is 3.34. The second-order valence-corrected chi connectivity index (χ2v) is 4.38. The van der Waals surface area contributed by atoms with E-state index in [1.54, 1.807) is 17.8 Å². The summed E-state index contributed by atoms with van der Waals surface area (Å²) < 4.78 is 1.95. The average molecular weight is 233 g/mol. The summed E-state index contributed by atoms with van der Waals surface area (Å²) >= 11 is 1.62. The molecule has 0 bridgehead atoms. The van der Waals surface area contributed by atoms with E-state index in [2.05, 4.69) is 4.98 Å². The van der Waals surface area contributed by atoms with Gasteiger partial charge in [-0.15, -0.1) is 0 Å². The van der Waals surface area contributed by atoms with Crippen LogP contribution < -0.4 is 0 Å². The highest BCUT2D eigenvalue weighted by atomic mass is 32.2. The van der Waals surface area contributed by atoms with Crippen molar-refractivity contribution in [1.82, 2.24) is 9.55 Å². The highest BCUT2D eigenvalue weighted by molar-refractivity contribution is 7.99. The quantitative estimate of drug-likeness (QED) is 0.561. The van der Waals surface area contributed by atoms with Crippen molar-refractivity contribution in [2.24, 2.45) is 0 Å². The fraction of sp³-hybridized carbons (Fsp3) is 0.100. The molecule has 0 fully saturated rings. The lowest BCUT2D eigenvalue weighted by Crippen LogP contribution is -1.94. The van der Waals surface area contributed by atoms with Gasteiger partial charge in [-0.25, -0.2) is 4.98 Å². The number of nitro benzene ring substituents is 1. The standard InChI is InChI=1S/C10H7N3O2S/c14-13(15)7-2-3-9-8(6-7)11-10-12(9)4-1-5-16-10/h1-4,6H,5H2. The van der Waals surface area contributed by atoms with E-state index in [1.165, 1.54) is 12.1 Å². The zero-order valence-corrected chi connectivity index (χ0v) is 8.98. The molecular formula is C10H7N3O2S. The van der Waals surface area contributed by atoms with Gasteiger partial charge in [0.25, 0.3) is 5.69 Å². The molecule has 1 aromatic carbocycles. The van der Waals surface area contributed by atoms with Crippen LogP contribution in [-0.2, 0) is 0 Å². The van der Waals surface area contributed by atoms with E-state index in [0.29, 0.717) is 5.52 Å². The minimum Gasteiger partial charge on any atom is -0.294 e. The molecule has 3 rings (SSSR count). The van der Waals surface area contributed by atoms with E-state index in [-0.39, 0.29) is 5.69 Å². The van der Waals surface area contributed by atoms with Crippen molar-refractivity contribution in [1.29, 1.82) is 0 Å². The van der Waals surface area contributed by atoms with Gasteiger partial charge in [-0.05, 0) is 6.07 Å². The lowest BCUT2D eigenvalue weighted by atomic mass is 10.3. The van der Waals surface area contributed by atoms with Crippen molar-refractivity contribution in [3.8, 4) is 0 Å². The number of benzene rings is 1. The van der Waals surface area contributed by atoms with Crippen molar-refractivity contribution >= 4 is 34.7 Å². The Bertz CT molecular complexity index is 618. The van der Waals surface area contributed by atoms with Crippen LogP contribution in [0.2, 0.25) is 0 Å². The Kier molecular flexibility index (Phi) is 1.97. The molecule has 80 valence electrons. The van der Waals surface area contributed by atoms with Gasteiger partial charge >= 0.3 is 0 Å². The van der Waals surface area contributed by atoms with Crippen LogP contribution in [0.15, 0.2) is 29.4 Å². The summed E-state index contributed by atoms with van der Waals surface area (Å²) in [7, 11) is 0. The molecule has 6 heteroatoms. The molecule has 2 heterocycles. The molecule has 0 N–H and O–H groups in total. The Morgan fingerprint density at radius 3 is 3.19 bits per heavy atom. The normalized spacial score (nSPS) is 14.0. The van der Waals surface area contributed by atoms with E-state index in [1.807, 2.05) is 16.8 Å². The molecule has 1 aromatic heterocycles. The number of non-ortho nitro benzene ring substituents is 1. The Labute approximate surface area is 94.9 Å². The molecule has 0 saturated heterocycles. The summed E-state index contributed by atoms with van der Waals surface area (Å²) in [5.41, 5.74) is 1.66. The van der Waals surface area contributed by atoms with E-state index in [9.17, 15) is 10.1 Å². The maximum Gasteiger partial charge on any atom is 0.271 e. The predicted octanol–water partition coefficient (Wildman–Crippen LogP) is 2.52. The molecule has 0 saturated carbocycles. The Hall–Kier alpha value is -1.82. The molecule has 0 aliphatic carbocycles. The Balaban J connectivity index is 2.27. The van der Waals surface area contributed by atoms with Gasteiger partial charge in [0.15, 0.2) is 5.16 Å². The summed E-state index contributed by atoms with van der Waals surface area (Å²) in [6.45, 7) is 0. The zero-order chi connectivity index (χ0) is 11.1. The summed E-state index contributed by atoms with van der Waals surface area (Å²) in [4.78, 5) is 14.6. The second-order valence-electron chi connectivity index (χ2n) is 3.39. The van der Waals surface area contributed by atoms with Gasteiger partial charge in [-0.3, -0.25) is 14.7 Å².